The molecule has 1 aliphatic rings. The van der Waals surface area contributed by atoms with Crippen molar-refractivity contribution in [3.05, 3.63) is 29.3 Å². The fourth-order valence-electron chi connectivity index (χ4n) is 2.47. The summed E-state index contributed by atoms with van der Waals surface area (Å²) in [6, 6.07) is 7.34. The number of amides is 1. The molecule has 5 heteroatoms. The smallest absolute Gasteiger partial charge is 0.311 e. The van der Waals surface area contributed by atoms with Crippen molar-refractivity contribution in [2.24, 2.45) is 5.92 Å². The summed E-state index contributed by atoms with van der Waals surface area (Å²) in [5.41, 5.74) is 2.28. The third kappa shape index (κ3) is 2.50. The Morgan fingerprint density at radius 3 is 2.90 bits per heavy atom. The topological polar surface area (TPSA) is 70.4 Å². The maximum Gasteiger partial charge on any atom is 0.311 e. The zero-order valence-electron chi connectivity index (χ0n) is 11.5. The molecule has 0 aromatic heterocycles. The Morgan fingerprint density at radius 1 is 1.55 bits per heavy atom. The Labute approximate surface area is 117 Å². The molecule has 0 spiro atoms. The summed E-state index contributed by atoms with van der Waals surface area (Å²) in [4.78, 5) is 25.2. The van der Waals surface area contributed by atoms with E-state index in [-0.39, 0.29) is 18.3 Å². The number of nitrogens with zero attached hydrogens (tertiary/aromatic N) is 2. The van der Waals surface area contributed by atoms with Gasteiger partial charge in [0.05, 0.1) is 24.7 Å². The Hall–Kier alpha value is -2.35. The number of benzene rings is 1. The number of carbonyl (C=O) groups is 2. The molecule has 2 rings (SSSR count). The van der Waals surface area contributed by atoms with Crippen LogP contribution in [0.2, 0.25) is 0 Å². The van der Waals surface area contributed by atoms with Crippen LogP contribution in [-0.4, -0.2) is 25.5 Å². The summed E-state index contributed by atoms with van der Waals surface area (Å²) in [5.74, 6) is -0.847. The minimum atomic E-state index is -0.409. The number of ether oxygens (including phenoxy) is 1. The van der Waals surface area contributed by atoms with Gasteiger partial charge in [0.25, 0.3) is 0 Å². The number of carbonyl (C=O) groups excluding carboxylic acids is 2. The zero-order chi connectivity index (χ0) is 14.7. The Morgan fingerprint density at radius 2 is 2.30 bits per heavy atom. The molecule has 0 aliphatic carbocycles. The van der Waals surface area contributed by atoms with Crippen molar-refractivity contribution in [2.75, 3.05) is 18.6 Å². The van der Waals surface area contributed by atoms with Crippen LogP contribution in [0.25, 0.3) is 0 Å². The van der Waals surface area contributed by atoms with Crippen molar-refractivity contribution >= 4 is 17.6 Å². The van der Waals surface area contributed by atoms with Crippen molar-refractivity contribution in [3.63, 3.8) is 0 Å². The molecule has 1 amide bonds. The van der Waals surface area contributed by atoms with E-state index in [1.165, 1.54) is 7.11 Å². The molecule has 1 fully saturated rings. The minimum Gasteiger partial charge on any atom is -0.469 e. The van der Waals surface area contributed by atoms with E-state index in [9.17, 15) is 9.59 Å². The fourth-order valence-corrected chi connectivity index (χ4v) is 2.47. The first-order valence-corrected chi connectivity index (χ1v) is 6.52. The highest BCUT2D eigenvalue weighted by Gasteiger charge is 2.36. The first-order valence-electron chi connectivity index (χ1n) is 6.52. The number of esters is 1. The average Bonchev–Trinajstić information content (AvgIpc) is 2.87. The van der Waals surface area contributed by atoms with Gasteiger partial charge in [0.1, 0.15) is 0 Å². The van der Waals surface area contributed by atoms with Crippen molar-refractivity contribution in [3.8, 4) is 6.07 Å². The van der Waals surface area contributed by atoms with Crippen LogP contribution in [0, 0.1) is 17.2 Å². The Bertz CT molecular complexity index is 589. The van der Waals surface area contributed by atoms with Crippen LogP contribution in [0.4, 0.5) is 5.69 Å². The van der Waals surface area contributed by atoms with Crippen molar-refractivity contribution in [1.82, 2.24) is 0 Å². The molecule has 1 aromatic rings. The van der Waals surface area contributed by atoms with E-state index in [0.717, 1.165) is 17.7 Å². The third-order valence-electron chi connectivity index (χ3n) is 3.54. The van der Waals surface area contributed by atoms with E-state index in [2.05, 4.69) is 6.07 Å². The second-order valence-electron chi connectivity index (χ2n) is 4.74. The molecular formula is C15H16N2O3. The lowest BCUT2D eigenvalue weighted by molar-refractivity contribution is -0.145. The predicted octanol–water partition coefficient (Wildman–Crippen LogP) is 1.65. The van der Waals surface area contributed by atoms with Crippen LogP contribution in [0.3, 0.4) is 0 Å². The summed E-state index contributed by atoms with van der Waals surface area (Å²) in [6.45, 7) is 2.31. The van der Waals surface area contributed by atoms with Gasteiger partial charge in [-0.25, -0.2) is 0 Å². The maximum atomic E-state index is 12.1. The van der Waals surface area contributed by atoms with Gasteiger partial charge in [0.15, 0.2) is 0 Å². The minimum absolute atomic E-state index is 0.0835. The van der Waals surface area contributed by atoms with Crippen molar-refractivity contribution in [2.45, 2.75) is 19.8 Å². The Balaban J connectivity index is 2.31. The standard InChI is InChI=1S/C15H16N2O3/c1-3-11-6-10(8-16)4-5-13(11)17-9-12(7-14(17)18)15(19)20-2/h4-6,12H,3,7,9H2,1-2H3. The van der Waals surface area contributed by atoms with E-state index in [4.69, 9.17) is 10.00 Å². The summed E-state index contributed by atoms with van der Waals surface area (Å²) < 4.78 is 4.70. The van der Waals surface area contributed by atoms with Crippen LogP contribution in [0.5, 0.6) is 0 Å². The number of hydrogen-bond donors (Lipinski definition) is 0. The van der Waals surface area contributed by atoms with Gasteiger partial charge < -0.3 is 9.64 Å². The van der Waals surface area contributed by atoms with Gasteiger partial charge in [-0.1, -0.05) is 6.92 Å². The molecule has 0 saturated carbocycles. The second-order valence-corrected chi connectivity index (χ2v) is 4.74. The van der Waals surface area contributed by atoms with E-state index in [1.54, 1.807) is 23.1 Å². The molecule has 1 heterocycles. The average molecular weight is 272 g/mol. The predicted molar refractivity (Wildman–Crippen MR) is 73.0 cm³/mol. The van der Waals surface area contributed by atoms with Crippen LogP contribution < -0.4 is 4.90 Å². The van der Waals surface area contributed by atoms with Gasteiger partial charge in [0, 0.05) is 18.7 Å². The summed E-state index contributed by atoms with van der Waals surface area (Å²) in [7, 11) is 1.33. The number of aryl methyl sites for hydroxylation is 1. The van der Waals surface area contributed by atoms with Crippen molar-refractivity contribution in [1.29, 1.82) is 5.26 Å². The Kier molecular flexibility index (Phi) is 4.04. The van der Waals surface area contributed by atoms with Crippen LogP contribution in [0.1, 0.15) is 24.5 Å². The molecule has 1 aromatic carbocycles. The SMILES string of the molecule is CCc1cc(C#N)ccc1N1CC(C(=O)OC)CC1=O. The first-order chi connectivity index (χ1) is 9.60. The highest BCUT2D eigenvalue weighted by molar-refractivity contribution is 6.00. The molecule has 5 nitrogen and oxygen atoms in total. The molecule has 0 radical (unpaired) electrons. The fraction of sp³-hybridized carbons (Fsp3) is 0.400. The summed E-state index contributed by atoms with van der Waals surface area (Å²) in [6.07, 6.45) is 0.896. The quantitative estimate of drug-likeness (QED) is 0.784. The van der Waals surface area contributed by atoms with Gasteiger partial charge in [-0.15, -0.1) is 0 Å². The molecule has 20 heavy (non-hydrogen) atoms. The van der Waals surface area contributed by atoms with Crippen LogP contribution in [0.15, 0.2) is 18.2 Å². The molecule has 104 valence electrons. The molecule has 0 bridgehead atoms. The lowest BCUT2D eigenvalue weighted by Gasteiger charge is -2.20. The number of hydrogen-bond acceptors (Lipinski definition) is 4. The van der Waals surface area contributed by atoms with E-state index in [0.29, 0.717) is 12.1 Å². The van der Waals surface area contributed by atoms with Gasteiger partial charge >= 0.3 is 5.97 Å². The maximum absolute atomic E-state index is 12.1. The van der Waals surface area contributed by atoms with Gasteiger partial charge in [0.2, 0.25) is 5.91 Å². The van der Waals surface area contributed by atoms with Crippen LogP contribution in [-0.2, 0) is 20.7 Å². The number of anilines is 1. The van der Waals surface area contributed by atoms with E-state index >= 15 is 0 Å². The number of nitriles is 1. The normalized spacial score (nSPS) is 17.9. The molecule has 0 N–H and O–H groups in total. The van der Waals surface area contributed by atoms with Gasteiger partial charge in [-0.2, -0.15) is 5.26 Å². The lowest BCUT2D eigenvalue weighted by Crippen LogP contribution is -2.27. The van der Waals surface area contributed by atoms with E-state index < -0.39 is 5.92 Å². The largest absolute Gasteiger partial charge is 0.469 e. The third-order valence-corrected chi connectivity index (χ3v) is 3.54. The van der Waals surface area contributed by atoms with E-state index in [1.807, 2.05) is 6.92 Å². The zero-order valence-corrected chi connectivity index (χ0v) is 11.5. The lowest BCUT2D eigenvalue weighted by atomic mass is 10.1. The van der Waals surface area contributed by atoms with Gasteiger partial charge in [-0.3, -0.25) is 9.59 Å². The number of methoxy groups -OCH3 is 1. The molecule has 1 saturated heterocycles. The summed E-state index contributed by atoms with van der Waals surface area (Å²) >= 11 is 0. The molecule has 1 aliphatic heterocycles. The first kappa shape index (κ1) is 14.1. The monoisotopic (exact) mass is 272 g/mol. The van der Waals surface area contributed by atoms with Gasteiger partial charge in [-0.05, 0) is 30.2 Å². The number of rotatable bonds is 3. The summed E-state index contributed by atoms with van der Waals surface area (Å²) in [5, 5.41) is 8.92. The van der Waals surface area contributed by atoms with Crippen molar-refractivity contribution < 1.29 is 14.3 Å². The molecule has 1 unspecified atom stereocenters. The molecular weight excluding hydrogens is 256 g/mol. The highest BCUT2D eigenvalue weighted by atomic mass is 16.5. The molecule has 1 atom stereocenters. The highest BCUT2D eigenvalue weighted by Crippen LogP contribution is 2.29. The second kappa shape index (κ2) is 5.74. The van der Waals surface area contributed by atoms with Crippen LogP contribution >= 0.6 is 0 Å².